The third-order valence-electron chi connectivity index (χ3n) is 4.52. The zero-order valence-corrected chi connectivity index (χ0v) is 19.1. The van der Waals surface area contributed by atoms with E-state index in [1.165, 1.54) is 30.2 Å². The fraction of sp³-hybridized carbons (Fsp3) is 0.333. The van der Waals surface area contributed by atoms with Crippen LogP contribution in [0, 0.1) is 13.8 Å². The van der Waals surface area contributed by atoms with E-state index in [4.69, 9.17) is 9.47 Å². The third kappa shape index (κ3) is 4.73. The second kappa shape index (κ2) is 9.44. The number of ether oxygens (including phenoxy) is 2. The van der Waals surface area contributed by atoms with Crippen LogP contribution in [-0.4, -0.2) is 41.3 Å². The maximum absolute atomic E-state index is 12.6. The first-order valence-corrected chi connectivity index (χ1v) is 11.0. The fourth-order valence-corrected chi connectivity index (χ4v) is 5.16. The average molecular weight is 446 g/mol. The summed E-state index contributed by atoms with van der Waals surface area (Å²) in [6, 6.07) is 7.55. The average Bonchev–Trinajstić information content (AvgIpc) is 3.07. The van der Waals surface area contributed by atoms with Gasteiger partial charge >= 0.3 is 5.97 Å². The highest BCUT2D eigenvalue weighted by atomic mass is 32.2. The van der Waals surface area contributed by atoms with Crippen molar-refractivity contribution in [2.75, 3.05) is 14.2 Å². The number of aryl methyl sites for hydroxylation is 2. The highest BCUT2D eigenvalue weighted by Gasteiger charge is 2.23. The largest absolute Gasteiger partial charge is 0.497 e. The standard InChI is InChI=1S/C21H23N3O4S2/c1-11-16-19(23-13(3)24-20(16)30-17(11)21(26)28-5)29-12(2)18(25)22-10-14-6-8-15(27-4)9-7-14/h6-9,12H,10H2,1-5H3,(H,22,25)/t12-/m1/s1. The number of aromatic nitrogens is 2. The Morgan fingerprint density at radius 2 is 1.87 bits per heavy atom. The van der Waals surface area contributed by atoms with Crippen LogP contribution in [0.5, 0.6) is 5.75 Å². The van der Waals surface area contributed by atoms with E-state index in [-0.39, 0.29) is 11.2 Å². The van der Waals surface area contributed by atoms with E-state index in [0.717, 1.165) is 22.3 Å². The van der Waals surface area contributed by atoms with E-state index in [2.05, 4.69) is 15.3 Å². The number of benzene rings is 1. The van der Waals surface area contributed by atoms with E-state index in [1.807, 2.05) is 38.1 Å². The van der Waals surface area contributed by atoms with Gasteiger partial charge in [0.2, 0.25) is 5.91 Å². The molecular formula is C21H23N3O4S2. The molecule has 2 aromatic heterocycles. The SMILES string of the molecule is COC(=O)c1sc2nc(C)nc(S[C@H](C)C(=O)NCc3ccc(OC)cc3)c2c1C. The number of amides is 1. The second-order valence-corrected chi connectivity index (χ2v) is 8.96. The van der Waals surface area contributed by atoms with Crippen LogP contribution in [0.2, 0.25) is 0 Å². The lowest BCUT2D eigenvalue weighted by Crippen LogP contribution is -2.30. The van der Waals surface area contributed by atoms with Crippen LogP contribution in [0.15, 0.2) is 29.3 Å². The van der Waals surface area contributed by atoms with Gasteiger partial charge in [-0.3, -0.25) is 4.79 Å². The Labute approximate surface area is 183 Å². The molecule has 0 aliphatic rings. The summed E-state index contributed by atoms with van der Waals surface area (Å²) in [6.45, 7) is 5.91. The molecule has 0 aliphatic heterocycles. The molecule has 9 heteroatoms. The van der Waals surface area contributed by atoms with Crippen molar-refractivity contribution in [3.63, 3.8) is 0 Å². The van der Waals surface area contributed by atoms with Crippen LogP contribution >= 0.6 is 23.1 Å². The number of rotatable bonds is 7. The van der Waals surface area contributed by atoms with Gasteiger partial charge in [-0.1, -0.05) is 23.9 Å². The molecule has 0 fully saturated rings. The summed E-state index contributed by atoms with van der Waals surface area (Å²) < 4.78 is 10.0. The lowest BCUT2D eigenvalue weighted by atomic mass is 10.2. The lowest BCUT2D eigenvalue weighted by Gasteiger charge is -2.13. The molecule has 0 bridgehead atoms. The molecule has 1 aromatic carbocycles. The Balaban J connectivity index is 1.76. The van der Waals surface area contributed by atoms with Gasteiger partial charge in [0, 0.05) is 11.9 Å². The molecular weight excluding hydrogens is 422 g/mol. The van der Waals surface area contributed by atoms with E-state index in [9.17, 15) is 9.59 Å². The number of carbonyl (C=O) groups excluding carboxylic acids is 2. The monoisotopic (exact) mass is 445 g/mol. The summed E-state index contributed by atoms with van der Waals surface area (Å²) in [5.41, 5.74) is 1.76. The van der Waals surface area contributed by atoms with Crippen LogP contribution in [-0.2, 0) is 16.1 Å². The Hall–Kier alpha value is -2.65. The minimum absolute atomic E-state index is 0.0960. The Bertz CT molecular complexity index is 1080. The maximum atomic E-state index is 12.6. The number of hydrogen-bond acceptors (Lipinski definition) is 8. The van der Waals surface area contributed by atoms with Crippen molar-refractivity contribution < 1.29 is 19.1 Å². The Kier molecular flexibility index (Phi) is 6.94. The van der Waals surface area contributed by atoms with Gasteiger partial charge in [0.15, 0.2) is 0 Å². The summed E-state index contributed by atoms with van der Waals surface area (Å²) in [4.78, 5) is 34.9. The topological polar surface area (TPSA) is 90.4 Å². The maximum Gasteiger partial charge on any atom is 0.348 e. The molecule has 2 heterocycles. The van der Waals surface area contributed by atoms with Crippen LogP contribution in [0.4, 0.5) is 0 Å². The third-order valence-corrected chi connectivity index (χ3v) is 6.78. The smallest absolute Gasteiger partial charge is 0.348 e. The van der Waals surface area contributed by atoms with E-state index < -0.39 is 5.97 Å². The van der Waals surface area contributed by atoms with Crippen molar-refractivity contribution in [1.82, 2.24) is 15.3 Å². The highest BCUT2D eigenvalue weighted by molar-refractivity contribution is 8.00. The first-order chi connectivity index (χ1) is 14.3. The predicted molar refractivity (Wildman–Crippen MR) is 118 cm³/mol. The normalized spacial score (nSPS) is 11.9. The van der Waals surface area contributed by atoms with Crippen molar-refractivity contribution in [3.05, 3.63) is 46.1 Å². The van der Waals surface area contributed by atoms with Crippen LogP contribution in [0.3, 0.4) is 0 Å². The van der Waals surface area contributed by atoms with Gasteiger partial charge in [-0.05, 0) is 44.0 Å². The number of hydrogen-bond donors (Lipinski definition) is 1. The molecule has 158 valence electrons. The van der Waals surface area contributed by atoms with Gasteiger partial charge in [-0.2, -0.15) is 0 Å². The molecule has 0 saturated carbocycles. The minimum atomic E-state index is -0.394. The number of esters is 1. The number of thioether (sulfide) groups is 1. The summed E-state index contributed by atoms with van der Waals surface area (Å²) in [7, 11) is 2.97. The summed E-state index contributed by atoms with van der Waals surface area (Å²) in [5.74, 6) is 0.874. The molecule has 7 nitrogen and oxygen atoms in total. The molecule has 0 saturated heterocycles. The van der Waals surface area contributed by atoms with E-state index >= 15 is 0 Å². The molecule has 30 heavy (non-hydrogen) atoms. The molecule has 0 radical (unpaired) electrons. The molecule has 0 unspecified atom stereocenters. The first kappa shape index (κ1) is 22.0. The van der Waals surface area contributed by atoms with Crippen LogP contribution in [0.1, 0.15) is 33.5 Å². The van der Waals surface area contributed by atoms with Crippen LogP contribution < -0.4 is 10.1 Å². The molecule has 1 atom stereocenters. The predicted octanol–water partition coefficient (Wildman–Crippen LogP) is 3.90. The molecule has 3 rings (SSSR count). The quantitative estimate of drug-likeness (QED) is 0.335. The zero-order chi connectivity index (χ0) is 21.8. The molecule has 0 spiro atoms. The number of fused-ring (bicyclic) bond motifs is 1. The summed E-state index contributed by atoms with van der Waals surface area (Å²) in [6.07, 6.45) is 0. The molecule has 3 aromatic rings. The number of nitrogens with zero attached hydrogens (tertiary/aromatic N) is 2. The first-order valence-electron chi connectivity index (χ1n) is 9.27. The lowest BCUT2D eigenvalue weighted by molar-refractivity contribution is -0.120. The van der Waals surface area contributed by atoms with Gasteiger partial charge in [0.1, 0.15) is 26.3 Å². The zero-order valence-electron chi connectivity index (χ0n) is 17.4. The summed E-state index contributed by atoms with van der Waals surface area (Å²) in [5, 5.41) is 4.06. The van der Waals surface area contributed by atoms with Gasteiger partial charge in [-0.25, -0.2) is 14.8 Å². The molecule has 0 aliphatic carbocycles. The van der Waals surface area contributed by atoms with Crippen molar-refractivity contribution in [2.24, 2.45) is 0 Å². The van der Waals surface area contributed by atoms with Crippen molar-refractivity contribution in [3.8, 4) is 5.75 Å². The van der Waals surface area contributed by atoms with Crippen molar-refractivity contribution in [2.45, 2.75) is 37.6 Å². The molecule has 1 amide bonds. The minimum Gasteiger partial charge on any atom is -0.497 e. The fourth-order valence-electron chi connectivity index (χ4n) is 2.87. The van der Waals surface area contributed by atoms with Gasteiger partial charge in [0.05, 0.1) is 19.5 Å². The van der Waals surface area contributed by atoms with Crippen LogP contribution in [0.25, 0.3) is 10.2 Å². The Morgan fingerprint density at radius 1 is 1.17 bits per heavy atom. The van der Waals surface area contributed by atoms with Gasteiger partial charge < -0.3 is 14.8 Å². The van der Waals surface area contributed by atoms with E-state index in [0.29, 0.717) is 27.1 Å². The Morgan fingerprint density at radius 3 is 2.50 bits per heavy atom. The van der Waals surface area contributed by atoms with Crippen molar-refractivity contribution in [1.29, 1.82) is 0 Å². The van der Waals surface area contributed by atoms with Gasteiger partial charge in [0.25, 0.3) is 0 Å². The number of carbonyl (C=O) groups is 2. The van der Waals surface area contributed by atoms with Crippen molar-refractivity contribution >= 4 is 45.2 Å². The number of nitrogens with one attached hydrogen (secondary N) is 1. The summed E-state index contributed by atoms with van der Waals surface area (Å²) >= 11 is 2.64. The van der Waals surface area contributed by atoms with Gasteiger partial charge in [-0.15, -0.1) is 11.3 Å². The highest BCUT2D eigenvalue weighted by Crippen LogP contribution is 2.37. The number of methoxy groups -OCH3 is 2. The number of thiophene rings is 1. The second-order valence-electron chi connectivity index (χ2n) is 6.63. The van der Waals surface area contributed by atoms with E-state index in [1.54, 1.807) is 14.0 Å². The molecule has 1 N–H and O–H groups in total.